The van der Waals surface area contributed by atoms with E-state index in [-0.39, 0.29) is 11.8 Å². The molecule has 1 heterocycles. The second kappa shape index (κ2) is 15.4. The Labute approximate surface area is 258 Å². The average Bonchev–Trinajstić information content (AvgIpc) is 3.00. The Bertz CT molecular complexity index is 1540. The maximum Gasteiger partial charge on any atom is 0.255 e. The van der Waals surface area contributed by atoms with E-state index in [2.05, 4.69) is 53.7 Å². The molecule has 226 valence electrons. The lowest BCUT2D eigenvalue weighted by molar-refractivity contribution is -0.116. The topological polar surface area (TPSA) is 102 Å². The maximum absolute atomic E-state index is 13.3. The van der Waals surface area contributed by atoms with Crippen molar-refractivity contribution in [3.63, 3.8) is 0 Å². The summed E-state index contributed by atoms with van der Waals surface area (Å²) in [4.78, 5) is 39.7. The number of benzene rings is 3. The second-order valence-electron chi connectivity index (χ2n) is 10.5. The number of rotatable bonds is 14. The number of nitrogens with one attached hydrogen (secondary N) is 3. The normalized spacial score (nSPS) is 11.2. The highest BCUT2D eigenvalue weighted by atomic mass is 35.5. The Morgan fingerprint density at radius 1 is 0.884 bits per heavy atom. The number of hydrogen-bond acceptors (Lipinski definition) is 7. The molecule has 3 N–H and O–H groups in total. The van der Waals surface area contributed by atoms with Gasteiger partial charge in [0.15, 0.2) is 5.82 Å². The molecule has 0 spiro atoms. The van der Waals surface area contributed by atoms with Gasteiger partial charge in [0.2, 0.25) is 5.91 Å². The Morgan fingerprint density at radius 3 is 2.35 bits per heavy atom. The van der Waals surface area contributed by atoms with Crippen LogP contribution in [0.15, 0.2) is 66.7 Å². The summed E-state index contributed by atoms with van der Waals surface area (Å²) >= 11 is 6.35. The number of amides is 2. The number of anilines is 3. The summed E-state index contributed by atoms with van der Waals surface area (Å²) in [5, 5.41) is 10.8. The third-order valence-electron chi connectivity index (χ3n) is 7.13. The number of carbonyl (C=O) groups excluding carboxylic acids is 2. The number of carbonyl (C=O) groups is 2. The van der Waals surface area contributed by atoms with E-state index >= 15 is 0 Å². The molecule has 0 saturated carbocycles. The minimum atomic E-state index is -0.314. The van der Waals surface area contributed by atoms with Crippen molar-refractivity contribution in [2.75, 3.05) is 62.8 Å². The molecular weight excluding hydrogens is 562 g/mol. The molecule has 0 saturated heterocycles. The van der Waals surface area contributed by atoms with Crippen LogP contribution in [0.1, 0.15) is 37.0 Å². The zero-order valence-electron chi connectivity index (χ0n) is 25.3. The molecule has 0 aliphatic heterocycles. The molecule has 0 atom stereocenters. The fourth-order valence-electron chi connectivity index (χ4n) is 4.67. The summed E-state index contributed by atoms with van der Waals surface area (Å²) in [5.41, 5.74) is 3.02. The summed E-state index contributed by atoms with van der Waals surface area (Å²) < 4.78 is 0. The molecule has 0 unspecified atom stereocenters. The molecule has 9 nitrogen and oxygen atoms in total. The zero-order chi connectivity index (χ0) is 30.8. The smallest absolute Gasteiger partial charge is 0.255 e. The van der Waals surface area contributed by atoms with Gasteiger partial charge in [0, 0.05) is 46.7 Å². The van der Waals surface area contributed by atoms with Crippen LogP contribution in [0, 0.1) is 0 Å². The van der Waals surface area contributed by atoms with Crippen LogP contribution in [0.3, 0.4) is 0 Å². The SMILES string of the molecule is CCN(CC)CCC(=O)Nc1ccc(C(=O)Nc2cc(Cl)ccc2-c2nc(NCCCN(C)C)c3ccccc3n2)cc1. The van der Waals surface area contributed by atoms with Gasteiger partial charge in [0.1, 0.15) is 5.82 Å². The van der Waals surface area contributed by atoms with Crippen LogP contribution >= 0.6 is 11.6 Å². The molecule has 0 fully saturated rings. The van der Waals surface area contributed by atoms with Crippen molar-refractivity contribution >= 4 is 51.5 Å². The Balaban J connectivity index is 1.51. The minimum Gasteiger partial charge on any atom is -0.369 e. The molecular formula is C33H40ClN7O2. The molecule has 1 aromatic heterocycles. The highest BCUT2D eigenvalue weighted by Crippen LogP contribution is 2.32. The summed E-state index contributed by atoms with van der Waals surface area (Å²) in [6, 6.07) is 19.9. The molecule has 0 aliphatic rings. The Kier molecular flexibility index (Phi) is 11.4. The number of nitrogens with zero attached hydrogens (tertiary/aromatic N) is 4. The maximum atomic E-state index is 13.3. The average molecular weight is 602 g/mol. The number of fused-ring (bicyclic) bond motifs is 1. The lowest BCUT2D eigenvalue weighted by Gasteiger charge is -2.17. The number of aromatic nitrogens is 2. The largest absolute Gasteiger partial charge is 0.369 e. The first kappa shape index (κ1) is 31.9. The summed E-state index contributed by atoms with van der Waals surface area (Å²) in [7, 11) is 4.10. The van der Waals surface area contributed by atoms with Crippen molar-refractivity contribution in [3.8, 4) is 11.4 Å². The third kappa shape index (κ3) is 8.97. The number of hydrogen-bond donors (Lipinski definition) is 3. The van der Waals surface area contributed by atoms with E-state index in [0.717, 1.165) is 49.3 Å². The van der Waals surface area contributed by atoms with Gasteiger partial charge in [0.25, 0.3) is 5.91 Å². The van der Waals surface area contributed by atoms with Crippen LogP contribution < -0.4 is 16.0 Å². The molecule has 0 bridgehead atoms. The first-order valence-electron chi connectivity index (χ1n) is 14.7. The van der Waals surface area contributed by atoms with E-state index in [1.54, 1.807) is 36.4 Å². The van der Waals surface area contributed by atoms with Crippen LogP contribution in [-0.4, -0.2) is 78.4 Å². The van der Waals surface area contributed by atoms with Crippen molar-refractivity contribution in [1.29, 1.82) is 0 Å². The second-order valence-corrected chi connectivity index (χ2v) is 11.0. The van der Waals surface area contributed by atoms with E-state index in [1.165, 1.54) is 0 Å². The van der Waals surface area contributed by atoms with Crippen LogP contribution in [0.4, 0.5) is 17.2 Å². The summed E-state index contributed by atoms with van der Waals surface area (Å²) in [6.45, 7) is 8.39. The Hall–Kier alpha value is -4.05. The van der Waals surface area contributed by atoms with E-state index in [9.17, 15) is 9.59 Å². The van der Waals surface area contributed by atoms with Crippen molar-refractivity contribution < 1.29 is 9.59 Å². The molecule has 3 aromatic carbocycles. The molecule has 4 aromatic rings. The molecule has 4 rings (SSSR count). The van der Waals surface area contributed by atoms with Crippen molar-refractivity contribution in [1.82, 2.24) is 19.8 Å². The van der Waals surface area contributed by atoms with Crippen molar-refractivity contribution in [3.05, 3.63) is 77.3 Å². The van der Waals surface area contributed by atoms with Crippen LogP contribution in [0.25, 0.3) is 22.3 Å². The fourth-order valence-corrected chi connectivity index (χ4v) is 4.84. The van der Waals surface area contributed by atoms with Crippen molar-refractivity contribution in [2.45, 2.75) is 26.7 Å². The first-order chi connectivity index (χ1) is 20.8. The van der Waals surface area contributed by atoms with Gasteiger partial charge in [-0.1, -0.05) is 37.6 Å². The lowest BCUT2D eigenvalue weighted by atomic mass is 10.1. The predicted octanol–water partition coefficient (Wildman–Crippen LogP) is 6.24. The Morgan fingerprint density at radius 2 is 1.63 bits per heavy atom. The van der Waals surface area contributed by atoms with E-state index < -0.39 is 0 Å². The zero-order valence-corrected chi connectivity index (χ0v) is 26.0. The predicted molar refractivity (Wildman–Crippen MR) is 177 cm³/mol. The van der Waals surface area contributed by atoms with Gasteiger partial charge >= 0.3 is 0 Å². The van der Waals surface area contributed by atoms with E-state index in [4.69, 9.17) is 21.6 Å². The van der Waals surface area contributed by atoms with Gasteiger partial charge in [-0.05, 0) is 94.7 Å². The molecule has 10 heteroatoms. The van der Waals surface area contributed by atoms with Gasteiger partial charge in [-0.3, -0.25) is 9.59 Å². The monoisotopic (exact) mass is 601 g/mol. The standard InChI is InChI=1S/C33H40ClN7O2/c1-5-41(6-2)21-18-30(42)36-25-15-12-23(13-16-25)33(43)38-29-22-24(34)14-17-27(29)32-37-28-11-8-7-10-26(28)31(39-32)35-19-9-20-40(3)4/h7-8,10-17,22H,5-6,9,18-21H2,1-4H3,(H,36,42)(H,38,43)(H,35,37,39). The van der Waals surface area contributed by atoms with Gasteiger partial charge in [-0.2, -0.15) is 0 Å². The summed E-state index contributed by atoms with van der Waals surface area (Å²) in [6.07, 6.45) is 1.37. The van der Waals surface area contributed by atoms with E-state index in [0.29, 0.717) is 46.3 Å². The van der Waals surface area contributed by atoms with Gasteiger partial charge in [0.05, 0.1) is 11.2 Å². The third-order valence-corrected chi connectivity index (χ3v) is 7.36. The van der Waals surface area contributed by atoms with Crippen LogP contribution in [0.2, 0.25) is 5.02 Å². The quantitative estimate of drug-likeness (QED) is 0.147. The lowest BCUT2D eigenvalue weighted by Crippen LogP contribution is -2.27. The summed E-state index contributed by atoms with van der Waals surface area (Å²) in [5.74, 6) is 0.838. The minimum absolute atomic E-state index is 0.0605. The highest BCUT2D eigenvalue weighted by Gasteiger charge is 2.16. The number of para-hydroxylation sites is 1. The molecule has 0 radical (unpaired) electrons. The number of halogens is 1. The van der Waals surface area contributed by atoms with Gasteiger partial charge in [-0.25, -0.2) is 9.97 Å². The van der Waals surface area contributed by atoms with Gasteiger partial charge in [-0.15, -0.1) is 0 Å². The molecule has 43 heavy (non-hydrogen) atoms. The molecule has 0 aliphatic carbocycles. The van der Waals surface area contributed by atoms with E-state index in [1.807, 2.05) is 30.3 Å². The van der Waals surface area contributed by atoms with Crippen LogP contribution in [0.5, 0.6) is 0 Å². The first-order valence-corrected chi connectivity index (χ1v) is 15.0. The van der Waals surface area contributed by atoms with Crippen LogP contribution in [-0.2, 0) is 4.79 Å². The van der Waals surface area contributed by atoms with Gasteiger partial charge < -0.3 is 25.8 Å². The highest BCUT2D eigenvalue weighted by molar-refractivity contribution is 6.31. The van der Waals surface area contributed by atoms with Crippen molar-refractivity contribution in [2.24, 2.45) is 0 Å². The fraction of sp³-hybridized carbons (Fsp3) is 0.333. The molecule has 2 amide bonds.